The molecule has 0 aliphatic heterocycles. The molecule has 1 aromatic heterocycles. The van der Waals surface area contributed by atoms with E-state index in [-0.39, 0.29) is 10.8 Å². The molecule has 4 heteroatoms. The summed E-state index contributed by atoms with van der Waals surface area (Å²) >= 11 is 1.59. The van der Waals surface area contributed by atoms with Crippen molar-refractivity contribution in [2.45, 2.75) is 57.5 Å². The van der Waals surface area contributed by atoms with Crippen molar-refractivity contribution in [3.63, 3.8) is 0 Å². The minimum absolute atomic E-state index is 0.123. The smallest absolute Gasteiger partial charge is 0.165 e. The number of phenolic OH excluding ortho intramolecular Hbond substituents is 1. The number of phenols is 1. The first-order valence-electron chi connectivity index (χ1n) is 7.51. The standard InChI is InChI=1S/C18H26N2OS/c1-17(2,3)12-8-11(14-10-19-16(20-14)22-7)9-13(15(12)21)18(4,5)6/h8-10,21H,1-7H3,(H,19,20). The van der Waals surface area contributed by atoms with Gasteiger partial charge >= 0.3 is 0 Å². The van der Waals surface area contributed by atoms with E-state index in [1.807, 2.05) is 12.5 Å². The zero-order chi connectivity index (χ0) is 16.7. The van der Waals surface area contributed by atoms with E-state index in [4.69, 9.17) is 0 Å². The number of aromatic amines is 1. The van der Waals surface area contributed by atoms with Crippen molar-refractivity contribution in [3.8, 4) is 17.0 Å². The van der Waals surface area contributed by atoms with E-state index >= 15 is 0 Å². The second-order valence-corrected chi connectivity index (χ2v) is 8.52. The van der Waals surface area contributed by atoms with E-state index in [1.54, 1.807) is 11.8 Å². The Bertz CT molecular complexity index is 640. The van der Waals surface area contributed by atoms with Gasteiger partial charge in [-0.1, -0.05) is 53.3 Å². The Kier molecular flexibility index (Phi) is 4.35. The third-order valence-corrected chi connectivity index (χ3v) is 4.38. The molecule has 0 atom stereocenters. The molecule has 0 fully saturated rings. The third-order valence-electron chi connectivity index (χ3n) is 3.78. The lowest BCUT2D eigenvalue weighted by atomic mass is 9.78. The number of imidazole rings is 1. The second kappa shape index (κ2) is 5.65. The van der Waals surface area contributed by atoms with Gasteiger partial charge in [0.05, 0.1) is 11.9 Å². The first-order chi connectivity index (χ1) is 10.0. The molecule has 0 saturated heterocycles. The van der Waals surface area contributed by atoms with Gasteiger partial charge in [-0.15, -0.1) is 0 Å². The Hall–Kier alpha value is -1.42. The van der Waals surface area contributed by atoms with Crippen LogP contribution in [0.3, 0.4) is 0 Å². The molecule has 0 aliphatic carbocycles. The predicted molar refractivity (Wildman–Crippen MR) is 94.9 cm³/mol. The summed E-state index contributed by atoms with van der Waals surface area (Å²) < 4.78 is 0. The molecule has 2 N–H and O–H groups in total. The van der Waals surface area contributed by atoms with Crippen LogP contribution < -0.4 is 0 Å². The molecular weight excluding hydrogens is 292 g/mol. The molecule has 0 radical (unpaired) electrons. The molecule has 0 spiro atoms. The summed E-state index contributed by atoms with van der Waals surface area (Å²) in [4.78, 5) is 7.69. The third kappa shape index (κ3) is 3.32. The molecule has 3 nitrogen and oxygen atoms in total. The highest BCUT2D eigenvalue weighted by atomic mass is 32.2. The maximum Gasteiger partial charge on any atom is 0.165 e. The first kappa shape index (κ1) is 16.9. The van der Waals surface area contributed by atoms with Crippen molar-refractivity contribution < 1.29 is 5.11 Å². The van der Waals surface area contributed by atoms with Crippen molar-refractivity contribution in [1.29, 1.82) is 0 Å². The molecule has 0 aliphatic rings. The SMILES string of the molecule is CSc1ncc(-c2cc(C(C)(C)C)c(O)c(C(C)(C)C)c2)[nH]1. The van der Waals surface area contributed by atoms with Crippen LogP contribution >= 0.6 is 11.8 Å². The monoisotopic (exact) mass is 318 g/mol. The molecule has 120 valence electrons. The van der Waals surface area contributed by atoms with Crippen molar-refractivity contribution in [1.82, 2.24) is 9.97 Å². The fraction of sp³-hybridized carbons (Fsp3) is 0.500. The summed E-state index contributed by atoms with van der Waals surface area (Å²) in [6.07, 6.45) is 3.86. The molecule has 0 bridgehead atoms. The maximum absolute atomic E-state index is 10.8. The highest BCUT2D eigenvalue weighted by Gasteiger charge is 2.27. The summed E-state index contributed by atoms with van der Waals surface area (Å²) in [6.45, 7) is 12.7. The van der Waals surface area contributed by atoms with E-state index in [1.165, 1.54) is 0 Å². The number of nitrogens with zero attached hydrogens (tertiary/aromatic N) is 1. The van der Waals surface area contributed by atoms with Gasteiger partial charge in [-0.25, -0.2) is 4.98 Å². The summed E-state index contributed by atoms with van der Waals surface area (Å²) in [5.74, 6) is 0.411. The van der Waals surface area contributed by atoms with Crippen LogP contribution in [0.25, 0.3) is 11.3 Å². The van der Waals surface area contributed by atoms with Crippen LogP contribution in [-0.2, 0) is 10.8 Å². The van der Waals surface area contributed by atoms with Gasteiger partial charge in [-0.2, -0.15) is 0 Å². The number of aromatic hydroxyl groups is 1. The lowest BCUT2D eigenvalue weighted by molar-refractivity contribution is 0.423. The van der Waals surface area contributed by atoms with E-state index in [2.05, 4.69) is 63.6 Å². The first-order valence-corrected chi connectivity index (χ1v) is 8.74. The number of aromatic nitrogens is 2. The van der Waals surface area contributed by atoms with Crippen LogP contribution in [0.5, 0.6) is 5.75 Å². The van der Waals surface area contributed by atoms with Crippen LogP contribution in [0.4, 0.5) is 0 Å². The molecule has 0 unspecified atom stereocenters. The molecule has 1 heterocycles. The van der Waals surface area contributed by atoms with Gasteiger partial charge in [0, 0.05) is 16.7 Å². The van der Waals surface area contributed by atoms with Crippen molar-refractivity contribution in [2.75, 3.05) is 6.26 Å². The average molecular weight is 318 g/mol. The maximum atomic E-state index is 10.8. The summed E-state index contributed by atoms with van der Waals surface area (Å²) in [5.41, 5.74) is 3.75. The number of nitrogens with one attached hydrogen (secondary N) is 1. The highest BCUT2D eigenvalue weighted by molar-refractivity contribution is 7.98. The van der Waals surface area contributed by atoms with Gasteiger partial charge in [0.15, 0.2) is 5.16 Å². The number of thioether (sulfide) groups is 1. The minimum atomic E-state index is -0.123. The molecule has 0 saturated carbocycles. The lowest BCUT2D eigenvalue weighted by Crippen LogP contribution is -2.17. The van der Waals surface area contributed by atoms with E-state index in [0.717, 1.165) is 27.5 Å². The zero-order valence-electron chi connectivity index (χ0n) is 14.5. The molecule has 0 amide bonds. The van der Waals surface area contributed by atoms with E-state index < -0.39 is 0 Å². The van der Waals surface area contributed by atoms with Gasteiger partial charge in [-0.05, 0) is 29.2 Å². The zero-order valence-corrected chi connectivity index (χ0v) is 15.4. The average Bonchev–Trinajstić information content (AvgIpc) is 2.85. The number of rotatable bonds is 2. The Balaban J connectivity index is 2.70. The predicted octanol–water partition coefficient (Wildman–Crippen LogP) is 5.10. The van der Waals surface area contributed by atoms with Gasteiger partial charge in [0.1, 0.15) is 5.75 Å². The highest BCUT2D eigenvalue weighted by Crippen LogP contribution is 2.41. The Morgan fingerprint density at radius 3 is 1.86 bits per heavy atom. The fourth-order valence-corrected chi connectivity index (χ4v) is 2.86. The summed E-state index contributed by atoms with van der Waals surface area (Å²) in [5, 5.41) is 11.7. The van der Waals surface area contributed by atoms with Crippen LogP contribution in [-0.4, -0.2) is 21.3 Å². The van der Waals surface area contributed by atoms with Crippen LogP contribution in [0.2, 0.25) is 0 Å². The summed E-state index contributed by atoms with van der Waals surface area (Å²) in [7, 11) is 0. The van der Waals surface area contributed by atoms with Gasteiger partial charge in [-0.3, -0.25) is 0 Å². The Morgan fingerprint density at radius 1 is 1.00 bits per heavy atom. The molecule has 2 aromatic rings. The Labute approximate surface area is 137 Å². The minimum Gasteiger partial charge on any atom is -0.507 e. The molecule has 22 heavy (non-hydrogen) atoms. The van der Waals surface area contributed by atoms with Gasteiger partial charge < -0.3 is 10.1 Å². The normalized spacial score (nSPS) is 12.7. The number of benzene rings is 1. The second-order valence-electron chi connectivity index (χ2n) is 7.73. The van der Waals surface area contributed by atoms with Crippen LogP contribution in [0.1, 0.15) is 52.7 Å². The van der Waals surface area contributed by atoms with E-state index in [9.17, 15) is 5.11 Å². The van der Waals surface area contributed by atoms with E-state index in [0.29, 0.717) is 5.75 Å². The largest absolute Gasteiger partial charge is 0.507 e. The summed E-state index contributed by atoms with van der Waals surface area (Å²) in [6, 6.07) is 4.14. The Morgan fingerprint density at radius 2 is 1.50 bits per heavy atom. The van der Waals surface area contributed by atoms with Crippen LogP contribution in [0.15, 0.2) is 23.5 Å². The van der Waals surface area contributed by atoms with Crippen molar-refractivity contribution in [2.24, 2.45) is 0 Å². The van der Waals surface area contributed by atoms with Gasteiger partial charge in [0.2, 0.25) is 0 Å². The number of hydrogen-bond acceptors (Lipinski definition) is 3. The molecule has 1 aromatic carbocycles. The quantitative estimate of drug-likeness (QED) is 0.757. The topological polar surface area (TPSA) is 48.9 Å². The number of hydrogen-bond donors (Lipinski definition) is 2. The van der Waals surface area contributed by atoms with Crippen molar-refractivity contribution >= 4 is 11.8 Å². The molecule has 2 rings (SSSR count). The van der Waals surface area contributed by atoms with Crippen LogP contribution in [0, 0.1) is 0 Å². The van der Waals surface area contributed by atoms with Gasteiger partial charge in [0.25, 0.3) is 0 Å². The fourth-order valence-electron chi connectivity index (χ4n) is 2.49. The molecular formula is C18H26N2OS. The number of H-pyrrole nitrogens is 1. The van der Waals surface area contributed by atoms with Crippen molar-refractivity contribution in [3.05, 3.63) is 29.5 Å². The lowest BCUT2D eigenvalue weighted by Gasteiger charge is -2.28.